The maximum absolute atomic E-state index is 13.0. The highest BCUT2D eigenvalue weighted by molar-refractivity contribution is 8.14. The van der Waals surface area contributed by atoms with E-state index in [0.717, 1.165) is 28.8 Å². The highest BCUT2D eigenvalue weighted by Crippen LogP contribution is 2.32. The van der Waals surface area contributed by atoms with Crippen molar-refractivity contribution < 1.29 is 37.1 Å². The van der Waals surface area contributed by atoms with Crippen LogP contribution in [-0.4, -0.2) is 52.9 Å². The molecule has 1 fully saturated rings. The molecule has 2 aromatic carbocycles. The fraction of sp³-hybridized carbons (Fsp3) is 0.273. The van der Waals surface area contributed by atoms with Gasteiger partial charge in [-0.1, -0.05) is 30.0 Å². The SMILES string of the molecule is C[C@H](OC(=O)c1ccccc1Nc1cccc(C(F)(F)F)c1)C(=O)NCCN1C(=O)CSC1=O. The van der Waals surface area contributed by atoms with Crippen molar-refractivity contribution in [1.29, 1.82) is 0 Å². The van der Waals surface area contributed by atoms with Gasteiger partial charge in [0.05, 0.1) is 22.6 Å². The smallest absolute Gasteiger partial charge is 0.416 e. The monoisotopic (exact) mass is 495 g/mol. The fourth-order valence-corrected chi connectivity index (χ4v) is 3.76. The number of halogens is 3. The Kier molecular flexibility index (Phi) is 7.82. The molecule has 3 amide bonds. The molecule has 0 radical (unpaired) electrons. The van der Waals surface area contributed by atoms with Crippen LogP contribution in [0.5, 0.6) is 0 Å². The molecule has 3 rings (SSSR count). The van der Waals surface area contributed by atoms with E-state index in [4.69, 9.17) is 4.74 Å². The van der Waals surface area contributed by atoms with E-state index in [-0.39, 0.29) is 46.9 Å². The molecule has 1 aliphatic rings. The van der Waals surface area contributed by atoms with Crippen LogP contribution in [0.25, 0.3) is 0 Å². The molecular formula is C22H20F3N3O5S. The number of esters is 1. The standard InChI is InChI=1S/C22H20F3N3O5S/c1-13(19(30)26-9-10-28-18(29)12-34-21(28)32)33-20(31)16-7-2-3-8-17(16)27-15-6-4-5-14(11-15)22(23,24)25/h2-8,11,13,27H,9-10,12H2,1H3,(H,26,30)/t13-/m0/s1. The van der Waals surface area contributed by atoms with Gasteiger partial charge in [0.1, 0.15) is 0 Å². The summed E-state index contributed by atoms with van der Waals surface area (Å²) in [6.45, 7) is 1.34. The van der Waals surface area contributed by atoms with Crippen LogP contribution in [-0.2, 0) is 20.5 Å². The summed E-state index contributed by atoms with van der Waals surface area (Å²) in [5.41, 5.74) is -0.517. The van der Waals surface area contributed by atoms with Gasteiger partial charge in [-0.3, -0.25) is 19.3 Å². The lowest BCUT2D eigenvalue weighted by Gasteiger charge is -2.17. The molecule has 0 aliphatic carbocycles. The molecule has 8 nitrogen and oxygen atoms in total. The third-order valence-corrected chi connectivity index (χ3v) is 5.60. The van der Waals surface area contributed by atoms with Gasteiger partial charge in [-0.15, -0.1) is 0 Å². The second kappa shape index (κ2) is 10.6. The van der Waals surface area contributed by atoms with E-state index >= 15 is 0 Å². The molecule has 0 spiro atoms. The molecular weight excluding hydrogens is 475 g/mol. The number of benzene rings is 2. The van der Waals surface area contributed by atoms with Gasteiger partial charge in [0.25, 0.3) is 11.1 Å². The molecule has 180 valence electrons. The number of rotatable bonds is 8. The number of hydrogen-bond acceptors (Lipinski definition) is 7. The summed E-state index contributed by atoms with van der Waals surface area (Å²) in [4.78, 5) is 49.0. The molecule has 1 aliphatic heterocycles. The van der Waals surface area contributed by atoms with Gasteiger partial charge in [-0.25, -0.2) is 4.79 Å². The molecule has 2 N–H and O–H groups in total. The van der Waals surface area contributed by atoms with E-state index < -0.39 is 29.7 Å². The van der Waals surface area contributed by atoms with E-state index in [1.54, 1.807) is 12.1 Å². The topological polar surface area (TPSA) is 105 Å². The third-order valence-electron chi connectivity index (χ3n) is 4.74. The van der Waals surface area contributed by atoms with Crippen molar-refractivity contribution >= 4 is 46.2 Å². The zero-order valence-corrected chi connectivity index (χ0v) is 18.7. The summed E-state index contributed by atoms with van der Waals surface area (Å²) < 4.78 is 44.1. The van der Waals surface area contributed by atoms with Gasteiger partial charge in [0, 0.05) is 18.8 Å². The van der Waals surface area contributed by atoms with E-state index in [2.05, 4.69) is 10.6 Å². The van der Waals surface area contributed by atoms with Gasteiger partial charge in [-0.2, -0.15) is 13.2 Å². The molecule has 0 bridgehead atoms. The molecule has 34 heavy (non-hydrogen) atoms. The zero-order valence-electron chi connectivity index (χ0n) is 17.8. The lowest BCUT2D eigenvalue weighted by Crippen LogP contribution is -2.41. The number of carbonyl (C=O) groups excluding carboxylic acids is 4. The van der Waals surface area contributed by atoms with Crippen molar-refractivity contribution in [2.45, 2.75) is 19.2 Å². The summed E-state index contributed by atoms with van der Waals surface area (Å²) in [6, 6.07) is 10.5. The Morgan fingerprint density at radius 1 is 1.15 bits per heavy atom. The molecule has 1 saturated heterocycles. The van der Waals surface area contributed by atoms with E-state index in [1.807, 2.05) is 0 Å². The van der Waals surface area contributed by atoms with Crippen molar-refractivity contribution in [2.24, 2.45) is 0 Å². The normalized spacial score (nSPS) is 14.6. The Morgan fingerprint density at radius 2 is 1.88 bits per heavy atom. The highest BCUT2D eigenvalue weighted by Gasteiger charge is 2.31. The Balaban J connectivity index is 1.60. The summed E-state index contributed by atoms with van der Waals surface area (Å²) in [7, 11) is 0. The van der Waals surface area contributed by atoms with E-state index in [0.29, 0.717) is 0 Å². The number of hydrogen-bond donors (Lipinski definition) is 2. The van der Waals surface area contributed by atoms with Crippen molar-refractivity contribution in [3.05, 3.63) is 59.7 Å². The molecule has 1 heterocycles. The number of alkyl halides is 3. The summed E-state index contributed by atoms with van der Waals surface area (Å²) in [5.74, 6) is -1.77. The Morgan fingerprint density at radius 3 is 2.56 bits per heavy atom. The largest absolute Gasteiger partial charge is 0.449 e. The summed E-state index contributed by atoms with van der Waals surface area (Å²) >= 11 is 0.882. The van der Waals surface area contributed by atoms with Crippen LogP contribution < -0.4 is 10.6 Å². The van der Waals surface area contributed by atoms with E-state index in [1.165, 1.54) is 31.2 Å². The van der Waals surface area contributed by atoms with Crippen LogP contribution in [0.15, 0.2) is 48.5 Å². The van der Waals surface area contributed by atoms with Crippen LogP contribution in [0.3, 0.4) is 0 Å². The lowest BCUT2D eigenvalue weighted by molar-refractivity contribution is -0.137. The second-order valence-corrected chi connectivity index (χ2v) is 8.11. The first-order valence-electron chi connectivity index (χ1n) is 10.1. The number of nitrogens with one attached hydrogen (secondary N) is 2. The van der Waals surface area contributed by atoms with Gasteiger partial charge in [0.2, 0.25) is 5.91 Å². The number of nitrogens with zero attached hydrogens (tertiary/aromatic N) is 1. The fourth-order valence-electron chi connectivity index (χ4n) is 3.01. The minimum atomic E-state index is -4.52. The molecule has 0 saturated carbocycles. The van der Waals surface area contributed by atoms with Crippen LogP contribution in [0.4, 0.5) is 29.3 Å². The average molecular weight is 495 g/mol. The number of imide groups is 1. The number of ether oxygens (including phenoxy) is 1. The first-order chi connectivity index (χ1) is 16.1. The minimum Gasteiger partial charge on any atom is -0.449 e. The zero-order chi connectivity index (χ0) is 24.9. The van der Waals surface area contributed by atoms with Crippen LogP contribution >= 0.6 is 11.8 Å². The van der Waals surface area contributed by atoms with Gasteiger partial charge >= 0.3 is 12.1 Å². The molecule has 2 aromatic rings. The Bertz CT molecular complexity index is 1090. The van der Waals surface area contributed by atoms with Crippen molar-refractivity contribution in [1.82, 2.24) is 10.2 Å². The maximum Gasteiger partial charge on any atom is 0.416 e. The highest BCUT2D eigenvalue weighted by atomic mass is 32.2. The Labute approximate surface area is 196 Å². The van der Waals surface area contributed by atoms with Crippen LogP contribution in [0.2, 0.25) is 0 Å². The predicted octanol–water partition coefficient (Wildman–Crippen LogP) is 3.81. The lowest BCUT2D eigenvalue weighted by atomic mass is 10.1. The predicted molar refractivity (Wildman–Crippen MR) is 119 cm³/mol. The Hall–Kier alpha value is -3.54. The first kappa shape index (κ1) is 25.1. The first-order valence-corrected chi connectivity index (χ1v) is 11.0. The number of anilines is 2. The maximum atomic E-state index is 13.0. The van der Waals surface area contributed by atoms with E-state index in [9.17, 15) is 32.3 Å². The molecule has 1 atom stereocenters. The average Bonchev–Trinajstić information content (AvgIpc) is 3.11. The van der Waals surface area contributed by atoms with Gasteiger partial charge in [0.15, 0.2) is 6.10 Å². The summed E-state index contributed by atoms with van der Waals surface area (Å²) in [5, 5.41) is 4.87. The van der Waals surface area contributed by atoms with Crippen molar-refractivity contribution in [3.63, 3.8) is 0 Å². The molecule has 0 aromatic heterocycles. The minimum absolute atomic E-state index is 0.000810. The number of carbonyl (C=O) groups is 4. The van der Waals surface area contributed by atoms with Gasteiger partial charge in [-0.05, 0) is 37.3 Å². The summed E-state index contributed by atoms with van der Waals surface area (Å²) in [6.07, 6.45) is -5.72. The molecule has 12 heteroatoms. The number of para-hydroxylation sites is 1. The third kappa shape index (κ3) is 6.28. The van der Waals surface area contributed by atoms with Crippen molar-refractivity contribution in [2.75, 3.05) is 24.2 Å². The quantitative estimate of drug-likeness (QED) is 0.537. The van der Waals surface area contributed by atoms with Crippen LogP contribution in [0.1, 0.15) is 22.8 Å². The second-order valence-electron chi connectivity index (χ2n) is 7.19. The van der Waals surface area contributed by atoms with Crippen LogP contribution in [0, 0.1) is 0 Å². The molecule has 0 unspecified atom stereocenters. The number of thioether (sulfide) groups is 1. The van der Waals surface area contributed by atoms with Gasteiger partial charge < -0.3 is 15.4 Å². The number of amides is 3. The van der Waals surface area contributed by atoms with Crippen molar-refractivity contribution in [3.8, 4) is 0 Å².